The number of thioether (sulfide) groups is 1. The van der Waals surface area contributed by atoms with Gasteiger partial charge >= 0.3 is 0 Å². The molecule has 2 heteroatoms. The minimum atomic E-state index is -0.341. The van der Waals surface area contributed by atoms with Gasteiger partial charge in [0.25, 0.3) is 0 Å². The lowest BCUT2D eigenvalue weighted by Gasteiger charge is -2.16. The van der Waals surface area contributed by atoms with Crippen LogP contribution in [0.3, 0.4) is 0 Å². The maximum atomic E-state index is 10.1. The van der Waals surface area contributed by atoms with Crippen molar-refractivity contribution in [2.45, 2.75) is 46.0 Å². The number of rotatable bonds is 4. The number of hydrogen-bond donors (Lipinski definition) is 1. The summed E-state index contributed by atoms with van der Waals surface area (Å²) in [4.78, 5) is 0. The van der Waals surface area contributed by atoms with E-state index in [0.717, 1.165) is 11.3 Å². The largest absolute Gasteiger partial charge is 0.388 e. The van der Waals surface area contributed by atoms with Crippen LogP contribution in [0.4, 0.5) is 0 Å². The second kappa shape index (κ2) is 5.74. The zero-order valence-corrected chi connectivity index (χ0v) is 11.7. The number of aryl methyl sites for hydroxylation is 3. The van der Waals surface area contributed by atoms with Gasteiger partial charge in [0, 0.05) is 5.75 Å². The lowest BCUT2D eigenvalue weighted by Crippen LogP contribution is -2.06. The molecule has 0 aliphatic heterocycles. The number of benzene rings is 1. The summed E-state index contributed by atoms with van der Waals surface area (Å²) in [5, 5.41) is 10.7. The van der Waals surface area contributed by atoms with E-state index in [0.29, 0.717) is 5.25 Å². The minimum Gasteiger partial charge on any atom is -0.388 e. The van der Waals surface area contributed by atoms with Crippen molar-refractivity contribution in [2.75, 3.05) is 5.75 Å². The summed E-state index contributed by atoms with van der Waals surface area (Å²) in [5.41, 5.74) is 4.83. The standard InChI is InChI=1S/C14H22OS/c1-9(2)16-8-14(15)13-7-11(4)10(3)6-12(13)5/h6-7,9,14-15H,8H2,1-5H3. The van der Waals surface area contributed by atoms with E-state index < -0.39 is 0 Å². The van der Waals surface area contributed by atoms with Crippen LogP contribution < -0.4 is 0 Å². The second-order valence-electron chi connectivity index (χ2n) is 4.69. The van der Waals surface area contributed by atoms with Crippen molar-refractivity contribution in [3.05, 3.63) is 34.4 Å². The van der Waals surface area contributed by atoms with Crippen LogP contribution in [0, 0.1) is 20.8 Å². The van der Waals surface area contributed by atoms with Gasteiger partial charge in [0.2, 0.25) is 0 Å². The van der Waals surface area contributed by atoms with Crippen LogP contribution in [0.1, 0.15) is 42.2 Å². The van der Waals surface area contributed by atoms with E-state index in [2.05, 4.69) is 46.8 Å². The van der Waals surface area contributed by atoms with Crippen LogP contribution in [0.2, 0.25) is 0 Å². The first-order valence-corrected chi connectivity index (χ1v) is 6.84. The van der Waals surface area contributed by atoms with Crippen molar-refractivity contribution in [3.63, 3.8) is 0 Å². The third-order valence-electron chi connectivity index (χ3n) is 2.83. The summed E-state index contributed by atoms with van der Waals surface area (Å²) in [6.07, 6.45) is -0.341. The Morgan fingerprint density at radius 1 is 1.06 bits per heavy atom. The summed E-state index contributed by atoms with van der Waals surface area (Å²) in [7, 11) is 0. The lowest BCUT2D eigenvalue weighted by atomic mass is 9.98. The van der Waals surface area contributed by atoms with Gasteiger partial charge in [-0.05, 0) is 48.3 Å². The average molecular weight is 238 g/mol. The zero-order valence-electron chi connectivity index (χ0n) is 10.9. The summed E-state index contributed by atoms with van der Waals surface area (Å²) in [6.45, 7) is 10.6. The van der Waals surface area contributed by atoms with Crippen molar-refractivity contribution in [2.24, 2.45) is 0 Å². The second-order valence-corrected chi connectivity index (χ2v) is 6.30. The Morgan fingerprint density at radius 2 is 1.62 bits per heavy atom. The fourth-order valence-corrected chi connectivity index (χ4v) is 2.46. The van der Waals surface area contributed by atoms with Crippen LogP contribution in [0.15, 0.2) is 12.1 Å². The lowest BCUT2D eigenvalue weighted by molar-refractivity contribution is 0.203. The van der Waals surface area contributed by atoms with E-state index in [1.807, 2.05) is 0 Å². The molecule has 0 aromatic heterocycles. The average Bonchev–Trinajstić information content (AvgIpc) is 2.20. The fourth-order valence-electron chi connectivity index (χ4n) is 1.72. The molecule has 0 heterocycles. The molecule has 0 spiro atoms. The molecule has 0 aliphatic carbocycles. The third-order valence-corrected chi connectivity index (χ3v) is 4.00. The molecule has 0 radical (unpaired) electrons. The first-order valence-electron chi connectivity index (χ1n) is 5.79. The van der Waals surface area contributed by atoms with Gasteiger partial charge in [-0.2, -0.15) is 11.8 Å². The van der Waals surface area contributed by atoms with Crippen molar-refractivity contribution in [1.29, 1.82) is 0 Å². The van der Waals surface area contributed by atoms with Crippen molar-refractivity contribution in [3.8, 4) is 0 Å². The van der Waals surface area contributed by atoms with Gasteiger partial charge in [-0.15, -0.1) is 0 Å². The van der Waals surface area contributed by atoms with Gasteiger partial charge in [0.1, 0.15) is 0 Å². The molecule has 1 rings (SSSR count). The molecule has 0 saturated heterocycles. The van der Waals surface area contributed by atoms with Gasteiger partial charge in [-0.3, -0.25) is 0 Å². The molecule has 0 saturated carbocycles. The summed E-state index contributed by atoms with van der Waals surface area (Å²) < 4.78 is 0. The Labute approximate surface area is 103 Å². The van der Waals surface area contributed by atoms with Crippen LogP contribution in [-0.2, 0) is 0 Å². The van der Waals surface area contributed by atoms with Crippen LogP contribution >= 0.6 is 11.8 Å². The smallest absolute Gasteiger partial charge is 0.0883 e. The van der Waals surface area contributed by atoms with E-state index in [9.17, 15) is 5.11 Å². The molecule has 1 atom stereocenters. The molecule has 0 amide bonds. The molecule has 0 aliphatic rings. The van der Waals surface area contributed by atoms with Gasteiger partial charge in [0.15, 0.2) is 0 Å². The van der Waals surface area contributed by atoms with E-state index in [-0.39, 0.29) is 6.10 Å². The molecule has 1 nitrogen and oxygen atoms in total. The topological polar surface area (TPSA) is 20.2 Å². The molecule has 16 heavy (non-hydrogen) atoms. The van der Waals surface area contributed by atoms with Gasteiger partial charge in [-0.25, -0.2) is 0 Å². The molecule has 0 bridgehead atoms. The number of aliphatic hydroxyl groups is 1. The summed E-state index contributed by atoms with van der Waals surface area (Å²) in [5.74, 6) is 0.779. The Kier molecular flexibility index (Phi) is 4.88. The third kappa shape index (κ3) is 3.53. The molecule has 1 aromatic rings. The van der Waals surface area contributed by atoms with Crippen molar-refractivity contribution >= 4 is 11.8 Å². The number of aliphatic hydroxyl groups excluding tert-OH is 1. The van der Waals surface area contributed by atoms with E-state index in [4.69, 9.17) is 0 Å². The Bertz CT molecular complexity index is 358. The predicted molar refractivity (Wildman–Crippen MR) is 73.2 cm³/mol. The molecule has 0 fully saturated rings. The SMILES string of the molecule is Cc1cc(C)c(C(O)CSC(C)C)cc1C. The maximum absolute atomic E-state index is 10.1. The number of hydrogen-bond acceptors (Lipinski definition) is 2. The zero-order chi connectivity index (χ0) is 12.3. The monoisotopic (exact) mass is 238 g/mol. The van der Waals surface area contributed by atoms with Gasteiger partial charge < -0.3 is 5.11 Å². The van der Waals surface area contributed by atoms with E-state index >= 15 is 0 Å². The summed E-state index contributed by atoms with van der Waals surface area (Å²) in [6, 6.07) is 4.28. The molecule has 1 aromatic carbocycles. The molecular formula is C14H22OS. The van der Waals surface area contributed by atoms with Crippen molar-refractivity contribution < 1.29 is 5.11 Å². The Balaban J connectivity index is 2.82. The summed E-state index contributed by atoms with van der Waals surface area (Å²) >= 11 is 1.80. The highest BCUT2D eigenvalue weighted by Gasteiger charge is 2.12. The normalized spacial score (nSPS) is 13.2. The Morgan fingerprint density at radius 3 is 2.19 bits per heavy atom. The van der Waals surface area contributed by atoms with Gasteiger partial charge in [0.05, 0.1) is 6.10 Å². The highest BCUT2D eigenvalue weighted by atomic mass is 32.2. The highest BCUT2D eigenvalue weighted by molar-refractivity contribution is 7.99. The molecule has 1 unspecified atom stereocenters. The predicted octanol–water partition coefficient (Wildman–Crippen LogP) is 3.79. The quantitative estimate of drug-likeness (QED) is 0.861. The first-order chi connectivity index (χ1) is 7.41. The maximum Gasteiger partial charge on any atom is 0.0883 e. The fraction of sp³-hybridized carbons (Fsp3) is 0.571. The minimum absolute atomic E-state index is 0.341. The highest BCUT2D eigenvalue weighted by Crippen LogP contribution is 2.25. The van der Waals surface area contributed by atoms with E-state index in [1.54, 1.807) is 11.8 Å². The van der Waals surface area contributed by atoms with Crippen LogP contribution in [0.5, 0.6) is 0 Å². The van der Waals surface area contributed by atoms with Crippen LogP contribution in [-0.4, -0.2) is 16.1 Å². The van der Waals surface area contributed by atoms with Gasteiger partial charge in [-0.1, -0.05) is 26.0 Å². The Hall–Kier alpha value is -0.470. The van der Waals surface area contributed by atoms with Crippen LogP contribution in [0.25, 0.3) is 0 Å². The first kappa shape index (κ1) is 13.6. The molecule has 1 N–H and O–H groups in total. The molecule has 90 valence electrons. The van der Waals surface area contributed by atoms with Crippen molar-refractivity contribution in [1.82, 2.24) is 0 Å². The molecular weight excluding hydrogens is 216 g/mol. The van der Waals surface area contributed by atoms with E-state index in [1.165, 1.54) is 16.7 Å².